The Balaban J connectivity index is 1.88. The van der Waals surface area contributed by atoms with Crippen LogP contribution >= 0.6 is 0 Å². The molecule has 0 unspecified atom stereocenters. The van der Waals surface area contributed by atoms with E-state index in [0.29, 0.717) is 0 Å². The lowest BCUT2D eigenvalue weighted by Crippen LogP contribution is -2.13. The van der Waals surface area contributed by atoms with Crippen LogP contribution in [0.4, 0.5) is 8.78 Å². The average molecular weight is 432 g/mol. The van der Waals surface area contributed by atoms with Crippen molar-refractivity contribution in [2.24, 2.45) is 0 Å². The van der Waals surface area contributed by atoms with Gasteiger partial charge in [0.25, 0.3) is 0 Å². The van der Waals surface area contributed by atoms with Gasteiger partial charge in [0, 0.05) is 0 Å². The molecule has 3 rings (SSSR count). The number of para-hydroxylation sites is 2. The second kappa shape index (κ2) is 9.49. The minimum Gasteiger partial charge on any atom is -0.484 e. The predicted molar refractivity (Wildman–Crippen MR) is 116 cm³/mol. The van der Waals surface area contributed by atoms with Crippen molar-refractivity contribution in [3.63, 3.8) is 0 Å². The summed E-state index contributed by atoms with van der Waals surface area (Å²) in [7, 11) is 0. The Bertz CT molecular complexity index is 1130. The maximum atomic E-state index is 14.1. The summed E-state index contributed by atoms with van der Waals surface area (Å²) in [6.07, 6.45) is 0. The fraction of sp³-hybridized carbons (Fsp3) is 0.231. The molecule has 0 spiro atoms. The number of rotatable bonds is 6. The predicted octanol–water partition coefficient (Wildman–Crippen LogP) is 6.16. The summed E-state index contributed by atoms with van der Waals surface area (Å²) >= 11 is 0. The lowest BCUT2D eigenvalue weighted by Gasteiger charge is -2.22. The summed E-state index contributed by atoms with van der Waals surface area (Å²) in [6, 6.07) is 17.9. The fourth-order valence-electron chi connectivity index (χ4n) is 3.16. The van der Waals surface area contributed by atoms with E-state index in [0.717, 1.165) is 16.7 Å². The van der Waals surface area contributed by atoms with Gasteiger partial charge in [-0.15, -0.1) is 0 Å². The van der Waals surface area contributed by atoms with Crippen LogP contribution in [-0.2, 0) is 18.6 Å². The number of nitrogens with zero attached hydrogens (tertiary/aromatic N) is 2. The van der Waals surface area contributed by atoms with Gasteiger partial charge in [-0.05, 0) is 52.4 Å². The molecule has 0 radical (unpaired) electrons. The van der Waals surface area contributed by atoms with Crippen molar-refractivity contribution in [1.29, 1.82) is 10.5 Å². The van der Waals surface area contributed by atoms with E-state index in [1.807, 2.05) is 51.1 Å². The molecule has 0 heterocycles. The minimum absolute atomic E-state index is 0.0374. The van der Waals surface area contributed by atoms with Gasteiger partial charge in [-0.3, -0.25) is 0 Å². The van der Waals surface area contributed by atoms with Crippen LogP contribution in [0.2, 0.25) is 0 Å². The molecule has 0 aliphatic carbocycles. The molecule has 3 aromatic carbocycles. The molecule has 0 bridgehead atoms. The summed E-state index contributed by atoms with van der Waals surface area (Å²) in [5.74, 6) is -1.41. The number of halogens is 2. The molecule has 0 N–H and O–H groups in total. The van der Waals surface area contributed by atoms with Gasteiger partial charge in [-0.2, -0.15) is 10.5 Å². The second-order valence-corrected chi connectivity index (χ2v) is 8.32. The van der Waals surface area contributed by atoms with Crippen LogP contribution in [0.3, 0.4) is 0 Å². The van der Waals surface area contributed by atoms with Gasteiger partial charge >= 0.3 is 0 Å². The first-order chi connectivity index (χ1) is 15.2. The summed E-state index contributed by atoms with van der Waals surface area (Å²) < 4.78 is 39.6. The third-order valence-corrected chi connectivity index (χ3v) is 4.86. The maximum Gasteiger partial charge on any atom is 0.173 e. The Morgan fingerprint density at radius 1 is 0.750 bits per heavy atom. The first kappa shape index (κ1) is 22.8. The summed E-state index contributed by atoms with van der Waals surface area (Å²) in [6.45, 7) is 6.22. The molecule has 0 amide bonds. The van der Waals surface area contributed by atoms with Crippen molar-refractivity contribution in [2.75, 3.05) is 0 Å². The monoisotopic (exact) mass is 432 g/mol. The topological polar surface area (TPSA) is 66.0 Å². The van der Waals surface area contributed by atoms with Gasteiger partial charge < -0.3 is 9.47 Å². The number of hydrogen-bond donors (Lipinski definition) is 0. The maximum absolute atomic E-state index is 14.1. The highest BCUT2D eigenvalue weighted by Crippen LogP contribution is 2.28. The third kappa shape index (κ3) is 5.22. The number of nitriles is 2. The van der Waals surface area contributed by atoms with Gasteiger partial charge in [0.15, 0.2) is 23.1 Å². The molecule has 162 valence electrons. The standard InChI is InChI=1S/C26H22F2N2O2/c1-26(2,3)21-11-17(15-31-24-19(13-29)6-4-8-22(24)27)10-18(12-21)16-32-25-20(14-30)7-5-9-23(25)28/h4-12H,15-16H2,1-3H3. The van der Waals surface area contributed by atoms with Gasteiger partial charge in [0.05, 0.1) is 11.1 Å². The molecule has 32 heavy (non-hydrogen) atoms. The Kier molecular flexibility index (Phi) is 6.76. The van der Waals surface area contributed by atoms with Gasteiger partial charge in [0.1, 0.15) is 25.4 Å². The minimum atomic E-state index is -0.608. The van der Waals surface area contributed by atoms with Crippen LogP contribution in [0.5, 0.6) is 11.5 Å². The average Bonchev–Trinajstić information content (AvgIpc) is 2.76. The Labute approximate surface area is 186 Å². The Morgan fingerprint density at radius 3 is 1.56 bits per heavy atom. The highest BCUT2D eigenvalue weighted by molar-refractivity contribution is 5.45. The van der Waals surface area contributed by atoms with E-state index in [4.69, 9.17) is 9.47 Å². The molecule has 0 aliphatic heterocycles. The van der Waals surface area contributed by atoms with E-state index in [2.05, 4.69) is 0 Å². The van der Waals surface area contributed by atoms with Gasteiger partial charge in [-0.1, -0.05) is 45.0 Å². The molecule has 0 atom stereocenters. The summed E-state index contributed by atoms with van der Waals surface area (Å²) in [5, 5.41) is 18.4. The first-order valence-corrected chi connectivity index (χ1v) is 9.99. The molecule has 6 heteroatoms. The van der Waals surface area contributed by atoms with Gasteiger partial charge in [0.2, 0.25) is 0 Å². The van der Waals surface area contributed by atoms with E-state index in [9.17, 15) is 19.3 Å². The van der Waals surface area contributed by atoms with Crippen molar-refractivity contribution in [3.8, 4) is 23.6 Å². The van der Waals surface area contributed by atoms with E-state index in [1.165, 1.54) is 36.4 Å². The number of benzene rings is 3. The molecule has 0 saturated heterocycles. The van der Waals surface area contributed by atoms with Crippen molar-refractivity contribution in [3.05, 3.63) is 94.0 Å². The largest absolute Gasteiger partial charge is 0.484 e. The molecular formula is C26H22F2N2O2. The Hall–Kier alpha value is -3.90. The van der Waals surface area contributed by atoms with E-state index in [-0.39, 0.29) is 41.3 Å². The van der Waals surface area contributed by atoms with Crippen LogP contribution in [-0.4, -0.2) is 0 Å². The molecule has 0 aromatic heterocycles. The van der Waals surface area contributed by atoms with E-state index >= 15 is 0 Å². The first-order valence-electron chi connectivity index (χ1n) is 9.99. The molecule has 0 saturated carbocycles. The number of hydrogen-bond acceptors (Lipinski definition) is 4. The molecule has 0 aliphatic rings. The van der Waals surface area contributed by atoms with Crippen molar-refractivity contribution >= 4 is 0 Å². The normalized spacial score (nSPS) is 10.8. The Morgan fingerprint density at radius 2 is 1.19 bits per heavy atom. The number of ether oxygens (including phenoxy) is 2. The van der Waals surface area contributed by atoms with Crippen LogP contribution in [0.15, 0.2) is 54.6 Å². The van der Waals surface area contributed by atoms with E-state index in [1.54, 1.807) is 0 Å². The molecule has 3 aromatic rings. The van der Waals surface area contributed by atoms with E-state index < -0.39 is 11.6 Å². The third-order valence-electron chi connectivity index (χ3n) is 4.86. The van der Waals surface area contributed by atoms with Crippen LogP contribution < -0.4 is 9.47 Å². The van der Waals surface area contributed by atoms with Crippen molar-refractivity contribution in [2.45, 2.75) is 39.4 Å². The summed E-state index contributed by atoms with van der Waals surface area (Å²) in [4.78, 5) is 0. The highest BCUT2D eigenvalue weighted by Gasteiger charge is 2.17. The molecular weight excluding hydrogens is 410 g/mol. The van der Waals surface area contributed by atoms with Crippen LogP contribution in [0.25, 0.3) is 0 Å². The van der Waals surface area contributed by atoms with Crippen molar-refractivity contribution in [1.82, 2.24) is 0 Å². The zero-order valence-corrected chi connectivity index (χ0v) is 18.1. The van der Waals surface area contributed by atoms with Gasteiger partial charge in [-0.25, -0.2) is 8.78 Å². The zero-order valence-electron chi connectivity index (χ0n) is 18.1. The quantitative estimate of drug-likeness (QED) is 0.468. The molecule has 4 nitrogen and oxygen atoms in total. The van der Waals surface area contributed by atoms with Crippen LogP contribution in [0, 0.1) is 34.3 Å². The smallest absolute Gasteiger partial charge is 0.173 e. The zero-order chi connectivity index (χ0) is 23.3. The van der Waals surface area contributed by atoms with Crippen LogP contribution in [0.1, 0.15) is 48.6 Å². The lowest BCUT2D eigenvalue weighted by molar-refractivity contribution is 0.283. The molecule has 0 fully saturated rings. The SMILES string of the molecule is CC(C)(C)c1cc(COc2c(F)cccc2C#N)cc(COc2c(F)cccc2C#N)c1. The highest BCUT2D eigenvalue weighted by atomic mass is 19.1. The van der Waals surface area contributed by atoms with Crippen molar-refractivity contribution < 1.29 is 18.3 Å². The fourth-order valence-corrected chi connectivity index (χ4v) is 3.16. The second-order valence-electron chi connectivity index (χ2n) is 8.32. The lowest BCUT2D eigenvalue weighted by atomic mass is 9.85. The summed E-state index contributed by atoms with van der Waals surface area (Å²) in [5.41, 5.74) is 2.51.